The molecule has 20 heavy (non-hydrogen) atoms. The van der Waals surface area contributed by atoms with E-state index in [1.54, 1.807) is 34.4 Å². The predicted molar refractivity (Wildman–Crippen MR) is 85.5 cm³/mol. The Hall–Kier alpha value is -1.78. The van der Waals surface area contributed by atoms with Gasteiger partial charge >= 0.3 is 0 Å². The molecule has 2 aromatic rings. The number of fused-ring (bicyclic) bond motifs is 1. The van der Waals surface area contributed by atoms with Crippen LogP contribution >= 0.6 is 22.9 Å². The molecule has 0 saturated heterocycles. The third-order valence-corrected chi connectivity index (χ3v) is 4.41. The number of carbonyl (C=O) groups is 1. The largest absolute Gasteiger partial charge is 0.399 e. The zero-order chi connectivity index (χ0) is 14.1. The highest BCUT2D eigenvalue weighted by Crippen LogP contribution is 2.32. The molecule has 0 radical (unpaired) electrons. The Labute approximate surface area is 126 Å². The van der Waals surface area contributed by atoms with Gasteiger partial charge in [0.1, 0.15) is 0 Å². The first kappa shape index (κ1) is 13.2. The van der Waals surface area contributed by atoms with E-state index in [1.807, 2.05) is 11.4 Å². The molecule has 0 saturated carbocycles. The van der Waals surface area contributed by atoms with Gasteiger partial charge in [-0.05, 0) is 42.1 Å². The van der Waals surface area contributed by atoms with Gasteiger partial charge in [0.2, 0.25) is 0 Å². The Bertz CT molecular complexity index is 693. The van der Waals surface area contributed by atoms with Gasteiger partial charge < -0.3 is 10.6 Å². The van der Waals surface area contributed by atoms with Crippen LogP contribution in [0, 0.1) is 0 Å². The number of amides is 1. The molecule has 0 spiro atoms. The van der Waals surface area contributed by atoms with Gasteiger partial charge in [0.05, 0.1) is 21.2 Å². The number of anilines is 2. The van der Waals surface area contributed by atoms with E-state index in [0.717, 1.165) is 17.0 Å². The highest BCUT2D eigenvalue weighted by Gasteiger charge is 2.23. The van der Waals surface area contributed by atoms with Crippen LogP contribution in [0.1, 0.15) is 21.7 Å². The van der Waals surface area contributed by atoms with Crippen molar-refractivity contribution in [1.82, 2.24) is 0 Å². The minimum absolute atomic E-state index is 0.0849. The number of thiophene rings is 1. The molecule has 0 atom stereocenters. The number of hydrogen-bond acceptors (Lipinski definition) is 3. The van der Waals surface area contributed by atoms with Gasteiger partial charge in [0.25, 0.3) is 5.91 Å². The Morgan fingerprint density at radius 3 is 3.00 bits per heavy atom. The van der Waals surface area contributed by atoms with Gasteiger partial charge in [0.15, 0.2) is 0 Å². The quantitative estimate of drug-likeness (QED) is 0.808. The average Bonchev–Trinajstić information content (AvgIpc) is 2.78. The van der Waals surface area contributed by atoms with Crippen molar-refractivity contribution in [1.29, 1.82) is 0 Å². The second-order valence-corrected chi connectivity index (χ2v) is 5.91. The lowest BCUT2D eigenvalue weighted by atomic mass is 10.1. The maximum absolute atomic E-state index is 12.7. The van der Waals surface area contributed by atoms with E-state index >= 15 is 0 Å². The molecule has 1 aliphatic heterocycles. The van der Waals surface area contributed by atoms with Gasteiger partial charge in [-0.2, -0.15) is 0 Å². The molecule has 3 nitrogen and oxygen atoms in total. The number of benzene rings is 1. The van der Waals surface area contributed by atoms with Crippen LogP contribution in [0.25, 0.3) is 6.08 Å². The molecule has 2 heterocycles. The Kier molecular flexibility index (Phi) is 3.51. The highest BCUT2D eigenvalue weighted by atomic mass is 35.5. The van der Waals surface area contributed by atoms with Gasteiger partial charge in [-0.3, -0.25) is 4.79 Å². The summed E-state index contributed by atoms with van der Waals surface area (Å²) in [6, 6.07) is 6.96. The summed E-state index contributed by atoms with van der Waals surface area (Å²) >= 11 is 7.77. The summed E-state index contributed by atoms with van der Waals surface area (Å²) in [5, 5.41) is 2.38. The van der Waals surface area contributed by atoms with Crippen molar-refractivity contribution in [2.24, 2.45) is 0 Å². The predicted octanol–water partition coefficient (Wildman–Crippen LogP) is 4.05. The molecule has 0 aliphatic carbocycles. The second-order valence-electron chi connectivity index (χ2n) is 4.56. The maximum atomic E-state index is 12.7. The third kappa shape index (κ3) is 2.32. The molecule has 0 unspecified atom stereocenters. The zero-order valence-corrected chi connectivity index (χ0v) is 12.2. The summed E-state index contributed by atoms with van der Waals surface area (Å²) in [4.78, 5) is 15.6. The standard InChI is InChI=1S/C15H13ClN2OS/c16-12-9-10(17)4-5-11(12)15(19)18-7-2-1-3-14-13(18)6-8-20-14/h1,3-6,8-9H,2,7,17H2. The fourth-order valence-electron chi connectivity index (χ4n) is 2.24. The lowest BCUT2D eigenvalue weighted by Gasteiger charge is -2.21. The summed E-state index contributed by atoms with van der Waals surface area (Å²) in [6.45, 7) is 0.653. The van der Waals surface area contributed by atoms with Gasteiger partial charge in [-0.1, -0.05) is 17.7 Å². The maximum Gasteiger partial charge on any atom is 0.259 e. The molecule has 2 N–H and O–H groups in total. The number of nitrogen functional groups attached to an aromatic ring is 1. The van der Waals surface area contributed by atoms with Crippen molar-refractivity contribution < 1.29 is 4.79 Å². The second kappa shape index (κ2) is 5.31. The van der Waals surface area contributed by atoms with Crippen molar-refractivity contribution >= 4 is 46.3 Å². The Morgan fingerprint density at radius 2 is 2.20 bits per heavy atom. The van der Waals surface area contributed by atoms with Crippen molar-refractivity contribution in [2.75, 3.05) is 17.2 Å². The number of carbonyl (C=O) groups excluding carboxylic acids is 1. The minimum atomic E-state index is -0.0849. The van der Waals surface area contributed by atoms with Gasteiger partial charge in [-0.15, -0.1) is 11.3 Å². The summed E-state index contributed by atoms with van der Waals surface area (Å²) in [6.07, 6.45) is 4.99. The van der Waals surface area contributed by atoms with E-state index in [9.17, 15) is 4.79 Å². The highest BCUT2D eigenvalue weighted by molar-refractivity contribution is 7.11. The first-order chi connectivity index (χ1) is 9.66. The van der Waals surface area contributed by atoms with Crippen LogP contribution in [0.2, 0.25) is 5.02 Å². The summed E-state index contributed by atoms with van der Waals surface area (Å²) in [5.41, 5.74) is 7.66. The Balaban J connectivity index is 2.00. The molecule has 0 fully saturated rings. The van der Waals surface area contributed by atoms with E-state index in [1.165, 1.54) is 0 Å². The fourth-order valence-corrected chi connectivity index (χ4v) is 3.32. The fraction of sp³-hybridized carbons (Fsp3) is 0.133. The van der Waals surface area contributed by atoms with E-state index in [0.29, 0.717) is 22.8 Å². The average molecular weight is 305 g/mol. The summed E-state index contributed by atoms with van der Waals surface area (Å²) < 4.78 is 0. The SMILES string of the molecule is Nc1ccc(C(=O)N2CCC=Cc3sccc32)c(Cl)c1. The number of rotatable bonds is 1. The van der Waals surface area contributed by atoms with Crippen molar-refractivity contribution in [3.8, 4) is 0 Å². The smallest absolute Gasteiger partial charge is 0.259 e. The molecule has 1 aromatic carbocycles. The normalized spacial score (nSPS) is 13.9. The summed E-state index contributed by atoms with van der Waals surface area (Å²) in [5.74, 6) is -0.0849. The third-order valence-electron chi connectivity index (χ3n) is 3.22. The molecular weight excluding hydrogens is 292 g/mol. The van der Waals surface area contributed by atoms with Crippen molar-refractivity contribution in [3.05, 3.63) is 51.2 Å². The number of nitrogens with two attached hydrogens (primary N) is 1. The van der Waals surface area contributed by atoms with Crippen LogP contribution in [0.3, 0.4) is 0 Å². The molecule has 102 valence electrons. The lowest BCUT2D eigenvalue weighted by Crippen LogP contribution is -2.31. The van der Waals surface area contributed by atoms with Crippen LogP contribution in [-0.2, 0) is 0 Å². The van der Waals surface area contributed by atoms with E-state index < -0.39 is 0 Å². The minimum Gasteiger partial charge on any atom is -0.399 e. The van der Waals surface area contributed by atoms with Crippen LogP contribution in [0.4, 0.5) is 11.4 Å². The van der Waals surface area contributed by atoms with E-state index in [-0.39, 0.29) is 5.91 Å². The molecular formula is C15H13ClN2OS. The molecule has 5 heteroatoms. The first-order valence-corrected chi connectivity index (χ1v) is 7.53. The van der Waals surface area contributed by atoms with Crippen LogP contribution in [0.5, 0.6) is 0 Å². The van der Waals surface area contributed by atoms with Crippen LogP contribution < -0.4 is 10.6 Å². The monoisotopic (exact) mass is 304 g/mol. The molecule has 3 rings (SSSR count). The van der Waals surface area contributed by atoms with Gasteiger partial charge in [0, 0.05) is 12.2 Å². The van der Waals surface area contributed by atoms with Crippen molar-refractivity contribution in [3.63, 3.8) is 0 Å². The first-order valence-electron chi connectivity index (χ1n) is 6.28. The molecule has 1 aromatic heterocycles. The topological polar surface area (TPSA) is 46.3 Å². The number of halogens is 1. The van der Waals surface area contributed by atoms with Gasteiger partial charge in [-0.25, -0.2) is 0 Å². The number of nitrogens with zero attached hydrogens (tertiary/aromatic N) is 1. The Morgan fingerprint density at radius 1 is 1.35 bits per heavy atom. The van der Waals surface area contributed by atoms with E-state index in [4.69, 9.17) is 17.3 Å². The van der Waals surface area contributed by atoms with Crippen molar-refractivity contribution in [2.45, 2.75) is 6.42 Å². The number of hydrogen-bond donors (Lipinski definition) is 1. The van der Waals surface area contributed by atoms with Crippen LogP contribution in [0.15, 0.2) is 35.7 Å². The zero-order valence-electron chi connectivity index (χ0n) is 10.7. The van der Waals surface area contributed by atoms with Crippen LogP contribution in [-0.4, -0.2) is 12.5 Å². The molecule has 1 aliphatic rings. The molecule has 0 bridgehead atoms. The summed E-state index contributed by atoms with van der Waals surface area (Å²) in [7, 11) is 0. The van der Waals surface area contributed by atoms with E-state index in [2.05, 4.69) is 12.2 Å². The lowest BCUT2D eigenvalue weighted by molar-refractivity contribution is 0.0987. The molecule has 1 amide bonds.